The van der Waals surface area contributed by atoms with E-state index < -0.39 is 6.10 Å². The number of aryl methyl sites for hydroxylation is 2. The average Bonchev–Trinajstić information content (AvgIpc) is 2.61. The van der Waals surface area contributed by atoms with Gasteiger partial charge in [-0.3, -0.25) is 4.79 Å². The van der Waals surface area contributed by atoms with Gasteiger partial charge in [0.25, 0.3) is 5.91 Å². The van der Waals surface area contributed by atoms with Crippen molar-refractivity contribution in [2.45, 2.75) is 53.1 Å². The largest absolute Gasteiger partial charge is 0.491 e. The van der Waals surface area contributed by atoms with Crippen LogP contribution in [-0.4, -0.2) is 25.2 Å². The summed E-state index contributed by atoms with van der Waals surface area (Å²) in [5, 5.41) is 2.87. The summed E-state index contributed by atoms with van der Waals surface area (Å²) in [7, 11) is 0. The number of hydrogen-bond acceptors (Lipinski definition) is 3. The van der Waals surface area contributed by atoms with Gasteiger partial charge in [0.2, 0.25) is 0 Å². The zero-order chi connectivity index (χ0) is 20.0. The van der Waals surface area contributed by atoms with E-state index in [1.807, 2.05) is 50.2 Å². The molecule has 0 heterocycles. The minimum Gasteiger partial charge on any atom is -0.491 e. The molecule has 0 aliphatic rings. The van der Waals surface area contributed by atoms with Crippen LogP contribution in [0.5, 0.6) is 11.5 Å². The van der Waals surface area contributed by atoms with Gasteiger partial charge in [-0.05, 0) is 61.1 Å². The van der Waals surface area contributed by atoms with Crippen LogP contribution in [0.2, 0.25) is 0 Å². The molecule has 1 N–H and O–H groups in total. The molecule has 0 aromatic heterocycles. The molecule has 1 atom stereocenters. The Balaban J connectivity index is 1.81. The van der Waals surface area contributed by atoms with Gasteiger partial charge in [0.1, 0.15) is 18.1 Å². The van der Waals surface area contributed by atoms with E-state index in [1.165, 1.54) is 5.56 Å². The first-order chi connectivity index (χ1) is 12.7. The number of amides is 1. The summed E-state index contributed by atoms with van der Waals surface area (Å²) in [5.74, 6) is 1.41. The summed E-state index contributed by atoms with van der Waals surface area (Å²) in [6, 6.07) is 13.9. The van der Waals surface area contributed by atoms with Crippen LogP contribution >= 0.6 is 0 Å². The van der Waals surface area contributed by atoms with Crippen LogP contribution < -0.4 is 14.8 Å². The molecule has 4 nitrogen and oxygen atoms in total. The normalized spacial score (nSPS) is 12.4. The molecule has 1 unspecified atom stereocenters. The summed E-state index contributed by atoms with van der Waals surface area (Å²) < 4.78 is 11.6. The van der Waals surface area contributed by atoms with Crippen LogP contribution in [0.25, 0.3) is 0 Å². The molecular formula is C23H31NO3. The van der Waals surface area contributed by atoms with Crippen molar-refractivity contribution in [3.05, 3.63) is 59.2 Å². The number of ether oxygens (including phenoxy) is 2. The number of carbonyl (C=O) groups is 1. The van der Waals surface area contributed by atoms with E-state index in [-0.39, 0.29) is 11.3 Å². The van der Waals surface area contributed by atoms with Crippen LogP contribution in [0, 0.1) is 13.8 Å². The summed E-state index contributed by atoms with van der Waals surface area (Å²) in [5.41, 5.74) is 3.51. The van der Waals surface area contributed by atoms with Crippen LogP contribution in [0.3, 0.4) is 0 Å². The molecule has 0 spiro atoms. The molecule has 0 saturated heterocycles. The number of rotatable bonds is 7. The third-order valence-corrected chi connectivity index (χ3v) is 4.51. The van der Waals surface area contributed by atoms with E-state index in [2.05, 4.69) is 32.2 Å². The van der Waals surface area contributed by atoms with Crippen LogP contribution in [0.1, 0.15) is 44.4 Å². The van der Waals surface area contributed by atoms with Crippen molar-refractivity contribution in [1.29, 1.82) is 0 Å². The van der Waals surface area contributed by atoms with Crippen molar-refractivity contribution >= 4 is 5.91 Å². The van der Waals surface area contributed by atoms with Crippen LogP contribution in [-0.2, 0) is 10.2 Å². The maximum Gasteiger partial charge on any atom is 0.260 e. The van der Waals surface area contributed by atoms with Crippen molar-refractivity contribution in [2.75, 3.05) is 13.2 Å². The molecule has 0 bridgehead atoms. The second kappa shape index (κ2) is 8.94. The number of benzene rings is 2. The van der Waals surface area contributed by atoms with Crippen LogP contribution in [0.4, 0.5) is 0 Å². The SMILES string of the molecule is Cc1ccc(OC(C)C(=O)NCCOc2ccccc2C(C)(C)C)cc1C. The number of hydrogen-bond donors (Lipinski definition) is 1. The monoisotopic (exact) mass is 369 g/mol. The van der Waals surface area contributed by atoms with Gasteiger partial charge < -0.3 is 14.8 Å². The first-order valence-electron chi connectivity index (χ1n) is 9.42. The lowest BCUT2D eigenvalue weighted by Crippen LogP contribution is -2.38. The van der Waals surface area contributed by atoms with E-state index in [0.717, 1.165) is 16.9 Å². The van der Waals surface area contributed by atoms with Crippen molar-refractivity contribution in [3.8, 4) is 11.5 Å². The molecule has 2 aromatic carbocycles. The Morgan fingerprint density at radius 3 is 2.44 bits per heavy atom. The molecule has 146 valence electrons. The lowest BCUT2D eigenvalue weighted by molar-refractivity contribution is -0.127. The van der Waals surface area contributed by atoms with Gasteiger partial charge in [-0.1, -0.05) is 45.0 Å². The van der Waals surface area contributed by atoms with Gasteiger partial charge in [0.05, 0.1) is 6.54 Å². The molecule has 27 heavy (non-hydrogen) atoms. The number of para-hydroxylation sites is 1. The second-order valence-electron chi connectivity index (χ2n) is 7.89. The predicted molar refractivity (Wildman–Crippen MR) is 110 cm³/mol. The molecule has 0 saturated carbocycles. The fourth-order valence-corrected chi connectivity index (χ4v) is 2.74. The van der Waals surface area contributed by atoms with Crippen molar-refractivity contribution in [1.82, 2.24) is 5.32 Å². The average molecular weight is 370 g/mol. The fourth-order valence-electron chi connectivity index (χ4n) is 2.74. The highest BCUT2D eigenvalue weighted by molar-refractivity contribution is 5.80. The Bertz CT molecular complexity index is 777. The van der Waals surface area contributed by atoms with E-state index in [1.54, 1.807) is 6.92 Å². The third-order valence-electron chi connectivity index (χ3n) is 4.51. The summed E-state index contributed by atoms with van der Waals surface area (Å²) in [6.45, 7) is 13.1. The second-order valence-corrected chi connectivity index (χ2v) is 7.89. The number of carbonyl (C=O) groups excluding carboxylic acids is 1. The lowest BCUT2D eigenvalue weighted by atomic mass is 9.86. The van der Waals surface area contributed by atoms with Crippen molar-refractivity contribution in [2.24, 2.45) is 0 Å². The number of nitrogens with one attached hydrogen (secondary N) is 1. The maximum atomic E-state index is 12.2. The van der Waals surface area contributed by atoms with Gasteiger partial charge in [-0.25, -0.2) is 0 Å². The summed E-state index contributed by atoms with van der Waals surface area (Å²) >= 11 is 0. The Morgan fingerprint density at radius 2 is 1.78 bits per heavy atom. The molecule has 2 rings (SSSR count). The highest BCUT2D eigenvalue weighted by atomic mass is 16.5. The van der Waals surface area contributed by atoms with E-state index in [0.29, 0.717) is 18.9 Å². The molecule has 0 aliphatic heterocycles. The third kappa shape index (κ3) is 6.02. The van der Waals surface area contributed by atoms with Gasteiger partial charge in [-0.2, -0.15) is 0 Å². The minimum atomic E-state index is -0.561. The lowest BCUT2D eigenvalue weighted by Gasteiger charge is -2.22. The summed E-state index contributed by atoms with van der Waals surface area (Å²) in [6.07, 6.45) is -0.561. The topological polar surface area (TPSA) is 47.6 Å². The van der Waals surface area contributed by atoms with E-state index >= 15 is 0 Å². The Hall–Kier alpha value is -2.49. The predicted octanol–water partition coefficient (Wildman–Crippen LogP) is 4.56. The molecule has 2 aromatic rings. The fraction of sp³-hybridized carbons (Fsp3) is 0.435. The highest BCUT2D eigenvalue weighted by Crippen LogP contribution is 2.30. The Kier molecular flexibility index (Phi) is 6.89. The first-order valence-corrected chi connectivity index (χ1v) is 9.42. The van der Waals surface area contributed by atoms with Gasteiger partial charge in [-0.15, -0.1) is 0 Å². The molecule has 4 heteroatoms. The van der Waals surface area contributed by atoms with E-state index in [9.17, 15) is 4.79 Å². The molecule has 0 radical (unpaired) electrons. The zero-order valence-electron chi connectivity index (χ0n) is 17.3. The van der Waals surface area contributed by atoms with Gasteiger partial charge in [0, 0.05) is 0 Å². The molecule has 0 aliphatic carbocycles. The van der Waals surface area contributed by atoms with Crippen LogP contribution in [0.15, 0.2) is 42.5 Å². The van der Waals surface area contributed by atoms with Gasteiger partial charge in [0.15, 0.2) is 6.10 Å². The Labute approximate surface area is 162 Å². The van der Waals surface area contributed by atoms with Crippen molar-refractivity contribution in [3.63, 3.8) is 0 Å². The van der Waals surface area contributed by atoms with Crippen molar-refractivity contribution < 1.29 is 14.3 Å². The highest BCUT2D eigenvalue weighted by Gasteiger charge is 2.18. The Morgan fingerprint density at radius 1 is 1.07 bits per heavy atom. The minimum absolute atomic E-state index is 0.00830. The quantitative estimate of drug-likeness (QED) is 0.728. The first kappa shape index (κ1) is 20.8. The van der Waals surface area contributed by atoms with Gasteiger partial charge >= 0.3 is 0 Å². The molecular weight excluding hydrogens is 338 g/mol. The molecule has 0 fully saturated rings. The maximum absolute atomic E-state index is 12.2. The summed E-state index contributed by atoms with van der Waals surface area (Å²) in [4.78, 5) is 12.2. The van der Waals surface area contributed by atoms with E-state index in [4.69, 9.17) is 9.47 Å². The standard InChI is InChI=1S/C23H31NO3/c1-16-11-12-19(15-17(16)2)27-18(3)22(25)24-13-14-26-21-10-8-7-9-20(21)23(4,5)6/h7-12,15,18H,13-14H2,1-6H3,(H,24,25). The smallest absolute Gasteiger partial charge is 0.260 e. The zero-order valence-corrected chi connectivity index (χ0v) is 17.3. The molecule has 1 amide bonds.